The lowest BCUT2D eigenvalue weighted by atomic mass is 9.98. The van der Waals surface area contributed by atoms with E-state index in [0.717, 1.165) is 6.42 Å². The number of nitrogens with zero attached hydrogens (tertiary/aromatic N) is 2. The highest BCUT2D eigenvalue weighted by Gasteiger charge is 2.34. The van der Waals surface area contributed by atoms with Crippen LogP contribution in [0.1, 0.15) is 25.7 Å². The number of carbonyl (C=O) groups is 2. The van der Waals surface area contributed by atoms with Crippen LogP contribution in [0.4, 0.5) is 11.4 Å². The van der Waals surface area contributed by atoms with Gasteiger partial charge in [0.2, 0.25) is 11.8 Å². The van der Waals surface area contributed by atoms with Gasteiger partial charge in [0.15, 0.2) is 0 Å². The third-order valence-electron chi connectivity index (χ3n) is 5.37. The Hall–Kier alpha value is -2.23. The third-order valence-corrected chi connectivity index (χ3v) is 8.61. The van der Waals surface area contributed by atoms with E-state index in [1.54, 1.807) is 28.5 Å². The Bertz CT molecular complexity index is 1000. The maximum atomic E-state index is 12.9. The zero-order valence-electron chi connectivity index (χ0n) is 15.9. The maximum Gasteiger partial charge on any atom is 0.252 e. The molecule has 1 aromatic heterocycles. The number of hydrogen-bond donors (Lipinski definition) is 1. The number of sulfonamides is 1. The number of amides is 2. The number of hydrogen-bond acceptors (Lipinski definition) is 5. The van der Waals surface area contributed by atoms with Gasteiger partial charge in [0, 0.05) is 26.1 Å². The smallest absolute Gasteiger partial charge is 0.252 e. The lowest BCUT2D eigenvalue weighted by Gasteiger charge is -2.31. The van der Waals surface area contributed by atoms with Gasteiger partial charge < -0.3 is 10.2 Å². The average Bonchev–Trinajstić information content (AvgIpc) is 3.41. The van der Waals surface area contributed by atoms with Crippen LogP contribution in [0.15, 0.2) is 46.0 Å². The van der Waals surface area contributed by atoms with Gasteiger partial charge in [-0.05, 0) is 42.8 Å². The van der Waals surface area contributed by atoms with Crippen molar-refractivity contribution >= 4 is 44.5 Å². The van der Waals surface area contributed by atoms with Crippen LogP contribution in [0.2, 0.25) is 0 Å². The second-order valence-corrected chi connectivity index (χ2v) is 10.4. The van der Waals surface area contributed by atoms with Crippen molar-refractivity contribution < 1.29 is 18.0 Å². The van der Waals surface area contributed by atoms with E-state index < -0.39 is 15.9 Å². The fourth-order valence-electron chi connectivity index (χ4n) is 3.86. The van der Waals surface area contributed by atoms with Gasteiger partial charge in [0.25, 0.3) is 10.0 Å². The molecule has 2 fully saturated rings. The molecule has 29 heavy (non-hydrogen) atoms. The van der Waals surface area contributed by atoms with Gasteiger partial charge >= 0.3 is 0 Å². The summed E-state index contributed by atoms with van der Waals surface area (Å²) < 4.78 is 27.3. The molecule has 1 N–H and O–H groups in total. The lowest BCUT2D eigenvalue weighted by molar-refractivity contribution is -0.121. The Morgan fingerprint density at radius 1 is 1.10 bits per heavy atom. The minimum absolute atomic E-state index is 0.0533. The second kappa shape index (κ2) is 8.25. The van der Waals surface area contributed by atoms with Gasteiger partial charge in [0.05, 0.1) is 17.3 Å². The summed E-state index contributed by atoms with van der Waals surface area (Å²) in [7, 11) is -3.57. The summed E-state index contributed by atoms with van der Waals surface area (Å²) in [4.78, 5) is 26.8. The topological polar surface area (TPSA) is 86.8 Å². The molecule has 1 aromatic carbocycles. The molecule has 4 rings (SSSR count). The van der Waals surface area contributed by atoms with Crippen molar-refractivity contribution in [1.29, 1.82) is 0 Å². The summed E-state index contributed by atoms with van der Waals surface area (Å²) in [5.41, 5.74) is 1.29. The van der Waals surface area contributed by atoms with Gasteiger partial charge in [-0.1, -0.05) is 18.2 Å². The first kappa shape index (κ1) is 20.1. The normalized spacial score (nSPS) is 20.8. The number of nitrogens with one attached hydrogen (secondary N) is 1. The zero-order chi connectivity index (χ0) is 20.4. The molecular weight excluding hydrogens is 410 g/mol. The van der Waals surface area contributed by atoms with E-state index in [4.69, 9.17) is 0 Å². The molecule has 2 aliphatic heterocycles. The molecule has 2 aliphatic rings. The first-order valence-electron chi connectivity index (χ1n) is 9.71. The van der Waals surface area contributed by atoms with E-state index in [9.17, 15) is 18.0 Å². The third kappa shape index (κ3) is 4.08. The number of carbonyl (C=O) groups excluding carboxylic acids is 2. The molecule has 0 bridgehead atoms. The average molecular weight is 434 g/mol. The fourth-order valence-corrected chi connectivity index (χ4v) is 6.53. The molecule has 3 heterocycles. The molecule has 0 spiro atoms. The zero-order valence-corrected chi connectivity index (χ0v) is 17.5. The summed E-state index contributed by atoms with van der Waals surface area (Å²) in [5, 5.41) is 4.67. The number of piperidine rings is 1. The molecule has 2 amide bonds. The minimum atomic E-state index is -3.57. The highest BCUT2D eigenvalue weighted by Crippen LogP contribution is 2.31. The SMILES string of the molecule is O=C(Nc1ccccc1N1CCCC1=O)C1CCCN(S(=O)(=O)c2cccs2)C1. The molecule has 1 atom stereocenters. The molecule has 1 unspecified atom stereocenters. The van der Waals surface area contributed by atoms with Gasteiger partial charge in [0.1, 0.15) is 4.21 Å². The first-order valence-corrected chi connectivity index (χ1v) is 12.0. The predicted molar refractivity (Wildman–Crippen MR) is 112 cm³/mol. The van der Waals surface area contributed by atoms with Gasteiger partial charge in [-0.3, -0.25) is 9.59 Å². The maximum absolute atomic E-state index is 12.9. The highest BCUT2D eigenvalue weighted by molar-refractivity contribution is 7.91. The monoisotopic (exact) mass is 433 g/mol. The van der Waals surface area contributed by atoms with Crippen molar-refractivity contribution in [2.24, 2.45) is 5.92 Å². The van der Waals surface area contributed by atoms with Crippen molar-refractivity contribution in [3.05, 3.63) is 41.8 Å². The van der Waals surface area contributed by atoms with Crippen LogP contribution >= 0.6 is 11.3 Å². The number of thiophene rings is 1. The van der Waals surface area contributed by atoms with E-state index in [0.29, 0.717) is 47.9 Å². The second-order valence-electron chi connectivity index (χ2n) is 7.29. The van der Waals surface area contributed by atoms with Crippen LogP contribution < -0.4 is 10.2 Å². The molecular formula is C20H23N3O4S2. The van der Waals surface area contributed by atoms with Crippen LogP contribution in [0.3, 0.4) is 0 Å². The van der Waals surface area contributed by atoms with E-state index in [2.05, 4.69) is 5.32 Å². The standard InChI is InChI=1S/C20H23N3O4S2/c24-18-9-4-12-23(18)17-8-2-1-7-16(17)21-20(25)15-6-3-11-22(14-15)29(26,27)19-10-5-13-28-19/h1-2,5,7-8,10,13,15H,3-4,6,9,11-12,14H2,(H,21,25). The van der Waals surface area contributed by atoms with Gasteiger partial charge in [-0.2, -0.15) is 4.31 Å². The highest BCUT2D eigenvalue weighted by atomic mass is 32.2. The van der Waals surface area contributed by atoms with Crippen LogP contribution in [0.25, 0.3) is 0 Å². The molecule has 154 valence electrons. The number of anilines is 2. The van der Waals surface area contributed by atoms with Gasteiger partial charge in [-0.15, -0.1) is 11.3 Å². The van der Waals surface area contributed by atoms with E-state index in [1.165, 1.54) is 15.6 Å². The largest absolute Gasteiger partial charge is 0.324 e. The van der Waals surface area contributed by atoms with Crippen LogP contribution in [-0.4, -0.2) is 44.2 Å². The summed E-state index contributed by atoms with van der Waals surface area (Å²) in [6.07, 6.45) is 2.59. The molecule has 0 radical (unpaired) electrons. The molecule has 9 heteroatoms. The van der Waals surface area contributed by atoms with Crippen LogP contribution in [0, 0.1) is 5.92 Å². The Morgan fingerprint density at radius 3 is 2.66 bits per heavy atom. The molecule has 7 nitrogen and oxygen atoms in total. The molecule has 2 aromatic rings. The van der Waals surface area contributed by atoms with E-state index in [1.807, 2.05) is 18.2 Å². The van der Waals surface area contributed by atoms with Crippen molar-refractivity contribution in [2.75, 3.05) is 29.9 Å². The first-order chi connectivity index (χ1) is 14.0. The predicted octanol–water partition coefficient (Wildman–Crippen LogP) is 2.91. The summed E-state index contributed by atoms with van der Waals surface area (Å²) >= 11 is 1.18. The Balaban J connectivity index is 1.49. The van der Waals surface area contributed by atoms with Crippen LogP contribution in [-0.2, 0) is 19.6 Å². The quantitative estimate of drug-likeness (QED) is 0.786. The van der Waals surface area contributed by atoms with Crippen LogP contribution in [0.5, 0.6) is 0 Å². The Morgan fingerprint density at radius 2 is 1.93 bits per heavy atom. The number of para-hydroxylation sites is 2. The summed E-state index contributed by atoms with van der Waals surface area (Å²) in [5.74, 6) is -0.589. The fraction of sp³-hybridized carbons (Fsp3) is 0.400. The van der Waals surface area contributed by atoms with E-state index >= 15 is 0 Å². The summed E-state index contributed by atoms with van der Waals surface area (Å²) in [6, 6.07) is 10.6. The Labute approximate surface area is 174 Å². The van der Waals surface area contributed by atoms with E-state index in [-0.39, 0.29) is 18.4 Å². The van der Waals surface area contributed by atoms with Crippen molar-refractivity contribution in [1.82, 2.24) is 4.31 Å². The Kier molecular flexibility index (Phi) is 5.71. The molecule has 0 aliphatic carbocycles. The van der Waals surface area contributed by atoms with Crippen molar-refractivity contribution in [3.8, 4) is 0 Å². The van der Waals surface area contributed by atoms with Crippen molar-refractivity contribution in [3.63, 3.8) is 0 Å². The summed E-state index contributed by atoms with van der Waals surface area (Å²) in [6.45, 7) is 1.22. The number of rotatable bonds is 5. The molecule has 0 saturated carbocycles. The molecule has 2 saturated heterocycles. The minimum Gasteiger partial charge on any atom is -0.324 e. The van der Waals surface area contributed by atoms with Gasteiger partial charge in [-0.25, -0.2) is 8.42 Å². The number of benzene rings is 1. The van der Waals surface area contributed by atoms with Crippen molar-refractivity contribution in [2.45, 2.75) is 29.9 Å². The lowest BCUT2D eigenvalue weighted by Crippen LogP contribution is -2.43.